The number of ether oxygens (including phenoxy) is 2. The summed E-state index contributed by atoms with van der Waals surface area (Å²) in [7, 11) is 0. The molecule has 4 heteroatoms. The Morgan fingerprint density at radius 3 is 2.21 bits per heavy atom. The average Bonchev–Trinajstić information content (AvgIpc) is 3.29. The molecule has 0 aliphatic heterocycles. The van der Waals surface area contributed by atoms with E-state index in [9.17, 15) is 4.79 Å². The monoisotopic (exact) mass is 392 g/mol. The lowest BCUT2D eigenvalue weighted by molar-refractivity contribution is 0.0445. The van der Waals surface area contributed by atoms with Crippen LogP contribution in [-0.2, 0) is 11.3 Å². The summed E-state index contributed by atoms with van der Waals surface area (Å²) >= 11 is 0. The number of benzene rings is 2. The molecule has 0 bridgehead atoms. The maximum absolute atomic E-state index is 12.1. The topological polar surface area (TPSA) is 48.7 Å². The quantitative estimate of drug-likeness (QED) is 0.271. The van der Waals surface area contributed by atoms with E-state index in [2.05, 4.69) is 6.92 Å². The zero-order chi connectivity index (χ0) is 20.3. The van der Waals surface area contributed by atoms with Crippen molar-refractivity contribution in [3.63, 3.8) is 0 Å². The highest BCUT2D eigenvalue weighted by molar-refractivity contribution is 5.90. The molecule has 0 saturated heterocycles. The van der Waals surface area contributed by atoms with E-state index < -0.39 is 0 Å². The van der Waals surface area contributed by atoms with Crippen LogP contribution in [0.25, 0.3) is 11.1 Å². The molecule has 0 aliphatic carbocycles. The van der Waals surface area contributed by atoms with Crippen molar-refractivity contribution in [2.75, 3.05) is 6.61 Å². The van der Waals surface area contributed by atoms with Crippen molar-refractivity contribution in [3.8, 4) is 16.9 Å². The Kier molecular flexibility index (Phi) is 7.93. The van der Waals surface area contributed by atoms with Gasteiger partial charge in [0.05, 0.1) is 18.4 Å². The van der Waals surface area contributed by atoms with E-state index in [1.165, 1.54) is 25.7 Å². The van der Waals surface area contributed by atoms with Gasteiger partial charge in [-0.25, -0.2) is 4.79 Å². The molecular weight excluding hydrogens is 364 g/mol. The predicted molar refractivity (Wildman–Crippen MR) is 114 cm³/mol. The number of rotatable bonds is 11. The smallest absolute Gasteiger partial charge is 0.338 e. The Balaban J connectivity index is 1.48. The van der Waals surface area contributed by atoms with Crippen LogP contribution in [0.2, 0.25) is 0 Å². The zero-order valence-electron chi connectivity index (χ0n) is 16.9. The van der Waals surface area contributed by atoms with Crippen molar-refractivity contribution in [3.05, 3.63) is 78.3 Å². The van der Waals surface area contributed by atoms with Crippen LogP contribution in [-0.4, -0.2) is 12.6 Å². The van der Waals surface area contributed by atoms with Crippen molar-refractivity contribution in [2.45, 2.75) is 45.6 Å². The first-order chi connectivity index (χ1) is 14.3. The number of hydrogen-bond donors (Lipinski definition) is 0. The molecule has 1 heterocycles. The first-order valence-corrected chi connectivity index (χ1v) is 10.3. The van der Waals surface area contributed by atoms with Gasteiger partial charge in [0, 0.05) is 0 Å². The summed E-state index contributed by atoms with van der Waals surface area (Å²) in [5, 5.41) is 0. The van der Waals surface area contributed by atoms with Gasteiger partial charge in [-0.15, -0.1) is 0 Å². The summed E-state index contributed by atoms with van der Waals surface area (Å²) in [4.78, 5) is 12.1. The van der Waals surface area contributed by atoms with Gasteiger partial charge in [0.15, 0.2) is 0 Å². The lowest BCUT2D eigenvalue weighted by Gasteiger charge is -2.08. The lowest BCUT2D eigenvalue weighted by atomic mass is 10.0. The Labute approximate surface area is 172 Å². The molecule has 152 valence electrons. The highest BCUT2D eigenvalue weighted by Crippen LogP contribution is 2.23. The van der Waals surface area contributed by atoms with Gasteiger partial charge in [0.25, 0.3) is 0 Å². The fourth-order valence-corrected chi connectivity index (χ4v) is 3.05. The third-order valence-electron chi connectivity index (χ3n) is 4.75. The molecule has 0 spiro atoms. The van der Waals surface area contributed by atoms with Crippen LogP contribution in [0, 0.1) is 0 Å². The summed E-state index contributed by atoms with van der Waals surface area (Å²) < 4.78 is 16.2. The first-order valence-electron chi connectivity index (χ1n) is 10.3. The molecule has 0 aliphatic rings. The molecule has 29 heavy (non-hydrogen) atoms. The van der Waals surface area contributed by atoms with E-state index >= 15 is 0 Å². The third-order valence-corrected chi connectivity index (χ3v) is 4.75. The van der Waals surface area contributed by atoms with E-state index in [4.69, 9.17) is 13.9 Å². The Bertz CT molecular complexity index is 849. The summed E-state index contributed by atoms with van der Waals surface area (Å²) in [6.07, 6.45) is 7.72. The maximum atomic E-state index is 12.1. The van der Waals surface area contributed by atoms with Crippen molar-refractivity contribution >= 4 is 5.97 Å². The highest BCUT2D eigenvalue weighted by Gasteiger charge is 2.09. The molecular formula is C25H28O4. The largest absolute Gasteiger partial charge is 0.494 e. The molecule has 0 N–H and O–H groups in total. The fraction of sp³-hybridized carbons (Fsp3) is 0.320. The number of carbonyl (C=O) groups excluding carboxylic acids is 1. The molecule has 3 aromatic rings. The van der Waals surface area contributed by atoms with Crippen molar-refractivity contribution < 1.29 is 18.7 Å². The zero-order valence-corrected chi connectivity index (χ0v) is 16.9. The fourth-order valence-electron chi connectivity index (χ4n) is 3.05. The van der Waals surface area contributed by atoms with E-state index in [1.54, 1.807) is 30.5 Å². The number of carbonyl (C=O) groups is 1. The minimum atomic E-state index is -0.365. The van der Waals surface area contributed by atoms with Gasteiger partial charge in [-0.1, -0.05) is 56.9 Å². The van der Waals surface area contributed by atoms with Crippen molar-refractivity contribution in [1.29, 1.82) is 0 Å². The first kappa shape index (κ1) is 20.7. The van der Waals surface area contributed by atoms with Gasteiger partial charge in [-0.2, -0.15) is 0 Å². The third kappa shape index (κ3) is 6.53. The molecule has 3 rings (SSSR count). The van der Waals surface area contributed by atoms with Crippen LogP contribution in [0.5, 0.6) is 5.75 Å². The lowest BCUT2D eigenvalue weighted by Crippen LogP contribution is -2.04. The van der Waals surface area contributed by atoms with Crippen LogP contribution < -0.4 is 4.74 Å². The maximum Gasteiger partial charge on any atom is 0.338 e. The predicted octanol–water partition coefficient (Wildman–Crippen LogP) is 6.65. The number of esters is 1. The molecule has 0 atom stereocenters. The molecule has 0 amide bonds. The molecule has 4 nitrogen and oxygen atoms in total. The van der Waals surface area contributed by atoms with Crippen LogP contribution in [0.1, 0.15) is 55.1 Å². The van der Waals surface area contributed by atoms with Crippen molar-refractivity contribution in [1.82, 2.24) is 0 Å². The van der Waals surface area contributed by atoms with Crippen LogP contribution >= 0.6 is 0 Å². The summed E-state index contributed by atoms with van der Waals surface area (Å²) in [6, 6.07) is 19.0. The van der Waals surface area contributed by atoms with E-state index in [-0.39, 0.29) is 12.6 Å². The summed E-state index contributed by atoms with van der Waals surface area (Å²) in [5.41, 5.74) is 2.64. The van der Waals surface area contributed by atoms with Crippen LogP contribution in [0.4, 0.5) is 0 Å². The van der Waals surface area contributed by atoms with Crippen LogP contribution in [0.3, 0.4) is 0 Å². The van der Waals surface area contributed by atoms with E-state index in [0.717, 1.165) is 29.9 Å². The Morgan fingerprint density at radius 1 is 0.862 bits per heavy atom. The van der Waals surface area contributed by atoms with Crippen LogP contribution in [0.15, 0.2) is 71.3 Å². The molecule has 0 fully saturated rings. The molecule has 0 saturated carbocycles. The minimum absolute atomic E-state index is 0.133. The summed E-state index contributed by atoms with van der Waals surface area (Å²) in [6.45, 7) is 3.12. The standard InChI is InChI=1S/C25H28O4/c1-2-3-4-5-6-17-27-23-15-13-21(14-16-23)20-9-11-22(12-10-20)25(26)29-19-24-8-7-18-28-24/h7-16,18H,2-6,17,19H2,1H3. The Morgan fingerprint density at radius 2 is 1.55 bits per heavy atom. The molecule has 0 unspecified atom stereocenters. The van der Waals surface area contributed by atoms with Gasteiger partial charge in [0.2, 0.25) is 0 Å². The second-order valence-electron chi connectivity index (χ2n) is 7.02. The summed E-state index contributed by atoms with van der Waals surface area (Å²) in [5.74, 6) is 1.15. The Hall–Kier alpha value is -3.01. The number of furan rings is 1. The normalized spacial score (nSPS) is 10.7. The number of unbranched alkanes of at least 4 members (excludes halogenated alkanes) is 4. The van der Waals surface area contributed by atoms with Gasteiger partial charge in [-0.3, -0.25) is 0 Å². The van der Waals surface area contributed by atoms with E-state index in [1.807, 2.05) is 36.4 Å². The molecule has 1 aromatic heterocycles. The van der Waals surface area contributed by atoms with Gasteiger partial charge in [0.1, 0.15) is 18.1 Å². The second-order valence-corrected chi connectivity index (χ2v) is 7.02. The highest BCUT2D eigenvalue weighted by atomic mass is 16.5. The van der Waals surface area contributed by atoms with Gasteiger partial charge < -0.3 is 13.9 Å². The number of hydrogen-bond acceptors (Lipinski definition) is 4. The SMILES string of the molecule is CCCCCCCOc1ccc(-c2ccc(C(=O)OCc3ccco3)cc2)cc1. The van der Waals surface area contributed by atoms with Crippen molar-refractivity contribution in [2.24, 2.45) is 0 Å². The van der Waals surface area contributed by atoms with Gasteiger partial charge >= 0.3 is 5.97 Å². The molecule has 2 aromatic carbocycles. The molecule has 0 radical (unpaired) electrons. The second kappa shape index (κ2) is 11.1. The van der Waals surface area contributed by atoms with E-state index in [0.29, 0.717) is 11.3 Å². The van der Waals surface area contributed by atoms with Gasteiger partial charge in [-0.05, 0) is 53.9 Å². The average molecular weight is 392 g/mol. The minimum Gasteiger partial charge on any atom is -0.494 e.